The van der Waals surface area contributed by atoms with Gasteiger partial charge in [-0.05, 0) is 26.9 Å². The van der Waals surface area contributed by atoms with Crippen LogP contribution in [0.5, 0.6) is 0 Å². The Balaban J connectivity index is 2.40. The highest BCUT2D eigenvalue weighted by Crippen LogP contribution is 2.21. The fourth-order valence-corrected chi connectivity index (χ4v) is 1.83. The molecular formula is C9H19NO2. The third kappa shape index (κ3) is 2.44. The number of ether oxygens (including phenoxy) is 2. The maximum atomic E-state index is 5.42. The first-order valence-electron chi connectivity index (χ1n) is 4.52. The number of methoxy groups -OCH3 is 1. The summed E-state index contributed by atoms with van der Waals surface area (Å²) in [6, 6.07) is 0. The lowest BCUT2D eigenvalue weighted by Gasteiger charge is -2.33. The van der Waals surface area contributed by atoms with Crippen LogP contribution in [-0.4, -0.2) is 45.5 Å². The average Bonchev–Trinajstić information content (AvgIpc) is 2.07. The lowest BCUT2D eigenvalue weighted by atomic mass is 9.98. The number of hydrogen-bond donors (Lipinski definition) is 0. The van der Waals surface area contributed by atoms with Gasteiger partial charge in [0.2, 0.25) is 0 Å². The van der Waals surface area contributed by atoms with E-state index in [1.54, 1.807) is 7.11 Å². The first-order chi connectivity index (χ1) is 5.75. The summed E-state index contributed by atoms with van der Waals surface area (Å²) in [5.41, 5.74) is 0. The third-order valence-corrected chi connectivity index (χ3v) is 2.42. The maximum absolute atomic E-state index is 5.42. The molecule has 1 aliphatic rings. The van der Waals surface area contributed by atoms with Gasteiger partial charge in [-0.2, -0.15) is 0 Å². The molecule has 0 aromatic rings. The van der Waals surface area contributed by atoms with Crippen molar-refractivity contribution < 1.29 is 9.47 Å². The normalized spacial score (nSPS) is 23.0. The fourth-order valence-electron chi connectivity index (χ4n) is 1.83. The molecule has 0 saturated carbocycles. The van der Waals surface area contributed by atoms with Crippen LogP contribution in [0.15, 0.2) is 0 Å². The van der Waals surface area contributed by atoms with Crippen molar-refractivity contribution >= 4 is 0 Å². The van der Waals surface area contributed by atoms with Crippen molar-refractivity contribution in [2.24, 2.45) is 5.92 Å². The van der Waals surface area contributed by atoms with Crippen LogP contribution in [0, 0.1) is 5.92 Å². The molecule has 0 aliphatic carbocycles. The fraction of sp³-hybridized carbons (Fsp3) is 1.00. The van der Waals surface area contributed by atoms with Gasteiger partial charge in [0.05, 0.1) is 0 Å². The van der Waals surface area contributed by atoms with E-state index >= 15 is 0 Å². The van der Waals surface area contributed by atoms with Gasteiger partial charge in [-0.15, -0.1) is 0 Å². The van der Waals surface area contributed by atoms with Gasteiger partial charge in [0, 0.05) is 26.2 Å². The largest absolute Gasteiger partial charge is 0.381 e. The molecule has 1 saturated heterocycles. The van der Waals surface area contributed by atoms with Gasteiger partial charge >= 0.3 is 0 Å². The average molecular weight is 173 g/mol. The van der Waals surface area contributed by atoms with E-state index in [4.69, 9.17) is 9.47 Å². The van der Waals surface area contributed by atoms with Gasteiger partial charge in [-0.3, -0.25) is 4.90 Å². The summed E-state index contributed by atoms with van der Waals surface area (Å²) in [5.74, 6) is 0.638. The van der Waals surface area contributed by atoms with Gasteiger partial charge in [0.1, 0.15) is 6.23 Å². The Labute approximate surface area is 74.6 Å². The summed E-state index contributed by atoms with van der Waals surface area (Å²) in [6.45, 7) is 1.77. The second kappa shape index (κ2) is 4.80. The third-order valence-electron chi connectivity index (χ3n) is 2.42. The Morgan fingerprint density at radius 2 is 1.92 bits per heavy atom. The molecule has 12 heavy (non-hydrogen) atoms. The SMILES string of the molecule is COC(C1CCOCC1)N(C)C. The van der Waals surface area contributed by atoms with E-state index in [9.17, 15) is 0 Å². The van der Waals surface area contributed by atoms with E-state index in [0.717, 1.165) is 26.1 Å². The van der Waals surface area contributed by atoms with Crippen molar-refractivity contribution in [2.75, 3.05) is 34.4 Å². The van der Waals surface area contributed by atoms with Crippen LogP contribution >= 0.6 is 0 Å². The summed E-state index contributed by atoms with van der Waals surface area (Å²) < 4.78 is 10.7. The second-order valence-corrected chi connectivity index (χ2v) is 3.54. The molecule has 3 nitrogen and oxygen atoms in total. The van der Waals surface area contributed by atoms with Gasteiger partial charge in [-0.25, -0.2) is 0 Å². The van der Waals surface area contributed by atoms with Gasteiger partial charge in [0.25, 0.3) is 0 Å². The summed E-state index contributed by atoms with van der Waals surface area (Å²) in [6.07, 6.45) is 2.50. The standard InChI is InChI=1S/C9H19NO2/c1-10(2)9(11-3)8-4-6-12-7-5-8/h8-9H,4-7H2,1-3H3. The van der Waals surface area contributed by atoms with Crippen LogP contribution in [-0.2, 0) is 9.47 Å². The van der Waals surface area contributed by atoms with Crippen LogP contribution < -0.4 is 0 Å². The maximum Gasteiger partial charge on any atom is 0.112 e. The van der Waals surface area contributed by atoms with E-state index in [-0.39, 0.29) is 6.23 Å². The quantitative estimate of drug-likeness (QED) is 0.593. The zero-order valence-electron chi connectivity index (χ0n) is 8.25. The van der Waals surface area contributed by atoms with E-state index < -0.39 is 0 Å². The molecule has 1 aliphatic heterocycles. The molecule has 0 aromatic heterocycles. The highest BCUT2D eigenvalue weighted by molar-refractivity contribution is 4.70. The van der Waals surface area contributed by atoms with Crippen molar-refractivity contribution in [2.45, 2.75) is 19.1 Å². The highest BCUT2D eigenvalue weighted by atomic mass is 16.5. The molecule has 0 bridgehead atoms. The molecule has 0 spiro atoms. The van der Waals surface area contributed by atoms with Crippen molar-refractivity contribution in [1.29, 1.82) is 0 Å². The molecule has 1 atom stereocenters. The number of rotatable bonds is 3. The molecule has 3 heteroatoms. The molecule has 0 aromatic carbocycles. The van der Waals surface area contributed by atoms with E-state index in [2.05, 4.69) is 19.0 Å². The summed E-state index contributed by atoms with van der Waals surface area (Å²) in [4.78, 5) is 2.13. The van der Waals surface area contributed by atoms with Crippen molar-refractivity contribution in [3.05, 3.63) is 0 Å². The van der Waals surface area contributed by atoms with E-state index in [1.807, 2.05) is 0 Å². The van der Waals surface area contributed by atoms with Crippen LogP contribution in [0.3, 0.4) is 0 Å². The Hall–Kier alpha value is -0.120. The minimum Gasteiger partial charge on any atom is -0.381 e. The van der Waals surface area contributed by atoms with Crippen LogP contribution in [0.4, 0.5) is 0 Å². The zero-order chi connectivity index (χ0) is 8.97. The Kier molecular flexibility index (Phi) is 3.98. The summed E-state index contributed by atoms with van der Waals surface area (Å²) >= 11 is 0. The van der Waals surface area contributed by atoms with Crippen LogP contribution in [0.25, 0.3) is 0 Å². The minimum absolute atomic E-state index is 0.258. The first kappa shape index (κ1) is 9.96. The van der Waals surface area contributed by atoms with E-state index in [0.29, 0.717) is 5.92 Å². The lowest BCUT2D eigenvalue weighted by Crippen LogP contribution is -2.39. The molecule has 0 radical (unpaired) electrons. The van der Waals surface area contributed by atoms with E-state index in [1.165, 1.54) is 0 Å². The molecule has 0 amide bonds. The molecule has 1 rings (SSSR count). The first-order valence-corrected chi connectivity index (χ1v) is 4.52. The molecule has 1 heterocycles. The molecule has 1 fully saturated rings. The molecule has 0 N–H and O–H groups in total. The van der Waals surface area contributed by atoms with Crippen LogP contribution in [0.1, 0.15) is 12.8 Å². The Morgan fingerprint density at radius 1 is 1.33 bits per heavy atom. The summed E-state index contributed by atoms with van der Waals surface area (Å²) in [7, 11) is 5.90. The summed E-state index contributed by atoms with van der Waals surface area (Å²) in [5, 5.41) is 0. The topological polar surface area (TPSA) is 21.7 Å². The zero-order valence-corrected chi connectivity index (χ0v) is 8.25. The number of nitrogens with zero attached hydrogens (tertiary/aromatic N) is 1. The Bertz CT molecular complexity index is 122. The second-order valence-electron chi connectivity index (χ2n) is 3.54. The predicted molar refractivity (Wildman–Crippen MR) is 48.0 cm³/mol. The molecular weight excluding hydrogens is 154 g/mol. The molecule has 1 unspecified atom stereocenters. The van der Waals surface area contributed by atoms with Gasteiger partial charge in [0.15, 0.2) is 0 Å². The predicted octanol–water partition coefficient (Wildman–Crippen LogP) is 0.947. The van der Waals surface area contributed by atoms with Gasteiger partial charge < -0.3 is 9.47 Å². The minimum atomic E-state index is 0.258. The monoisotopic (exact) mass is 173 g/mol. The molecule has 72 valence electrons. The van der Waals surface area contributed by atoms with Gasteiger partial charge in [-0.1, -0.05) is 0 Å². The van der Waals surface area contributed by atoms with Crippen molar-refractivity contribution in [3.8, 4) is 0 Å². The van der Waals surface area contributed by atoms with Crippen molar-refractivity contribution in [1.82, 2.24) is 4.90 Å². The smallest absolute Gasteiger partial charge is 0.112 e. The Morgan fingerprint density at radius 3 is 2.33 bits per heavy atom. The van der Waals surface area contributed by atoms with Crippen molar-refractivity contribution in [3.63, 3.8) is 0 Å². The van der Waals surface area contributed by atoms with Crippen LogP contribution in [0.2, 0.25) is 0 Å². The number of hydrogen-bond acceptors (Lipinski definition) is 3. The highest BCUT2D eigenvalue weighted by Gasteiger charge is 2.24. The lowest BCUT2D eigenvalue weighted by molar-refractivity contribution is -0.0786.